The van der Waals surface area contributed by atoms with Crippen molar-refractivity contribution in [2.24, 2.45) is 5.92 Å². The Hall–Kier alpha value is -3.66. The van der Waals surface area contributed by atoms with E-state index < -0.39 is 41.0 Å². The molecule has 1 aromatic heterocycles. The number of halogens is 2. The van der Waals surface area contributed by atoms with Crippen LogP contribution in [0.4, 0.5) is 19.6 Å². The van der Waals surface area contributed by atoms with Gasteiger partial charge in [0.2, 0.25) is 5.91 Å². The summed E-state index contributed by atoms with van der Waals surface area (Å²) in [5.41, 5.74) is 0.288. The standard InChI is InChI=1S/C24H23F2N3O4S/c1-14(2)21(28-22(31)20-18(25)10-7-11-19(20)26)23(32)33-12-16-13-34-24(27-16)29(15(3)30)17-8-5-4-6-9-17/h4-11,13-14,21H,12H2,1-3H3,(H,28,31)/t21-/m1/s1. The Morgan fingerprint density at radius 1 is 1.06 bits per heavy atom. The van der Waals surface area contributed by atoms with Gasteiger partial charge in [-0.2, -0.15) is 0 Å². The number of benzene rings is 2. The largest absolute Gasteiger partial charge is 0.458 e. The minimum atomic E-state index is -1.14. The molecule has 2 aromatic carbocycles. The molecule has 0 radical (unpaired) electrons. The van der Waals surface area contributed by atoms with Gasteiger partial charge in [0, 0.05) is 12.3 Å². The minimum Gasteiger partial charge on any atom is -0.458 e. The van der Waals surface area contributed by atoms with Crippen molar-refractivity contribution in [1.82, 2.24) is 10.3 Å². The topological polar surface area (TPSA) is 88.6 Å². The van der Waals surface area contributed by atoms with Crippen LogP contribution in [0.15, 0.2) is 53.9 Å². The van der Waals surface area contributed by atoms with Crippen molar-refractivity contribution in [3.8, 4) is 0 Å². The number of ether oxygens (including phenoxy) is 1. The highest BCUT2D eigenvalue weighted by Crippen LogP contribution is 2.29. The molecule has 0 aliphatic carbocycles. The number of amides is 2. The zero-order chi connectivity index (χ0) is 24.8. The summed E-state index contributed by atoms with van der Waals surface area (Å²) in [6, 6.07) is 10.9. The Balaban J connectivity index is 1.68. The highest BCUT2D eigenvalue weighted by atomic mass is 32.1. The van der Waals surface area contributed by atoms with Crippen LogP contribution >= 0.6 is 11.3 Å². The van der Waals surface area contributed by atoms with Crippen molar-refractivity contribution in [3.63, 3.8) is 0 Å². The molecule has 0 aliphatic heterocycles. The molecule has 0 spiro atoms. The number of hydrogen-bond donors (Lipinski definition) is 1. The molecule has 1 N–H and O–H groups in total. The molecule has 34 heavy (non-hydrogen) atoms. The molecular weight excluding hydrogens is 464 g/mol. The van der Waals surface area contributed by atoms with Gasteiger partial charge in [-0.05, 0) is 30.2 Å². The third-order valence-corrected chi connectivity index (χ3v) is 5.69. The first kappa shape index (κ1) is 25.0. The molecule has 0 saturated heterocycles. The quantitative estimate of drug-likeness (QED) is 0.469. The smallest absolute Gasteiger partial charge is 0.329 e. The maximum absolute atomic E-state index is 13.9. The van der Waals surface area contributed by atoms with E-state index in [9.17, 15) is 23.2 Å². The van der Waals surface area contributed by atoms with Gasteiger partial charge in [-0.1, -0.05) is 38.1 Å². The molecule has 0 saturated carbocycles. The SMILES string of the molecule is CC(=O)N(c1ccccc1)c1nc(COC(=O)[C@H](NC(=O)c2c(F)cccc2F)C(C)C)cs1. The zero-order valence-corrected chi connectivity index (χ0v) is 19.6. The van der Waals surface area contributed by atoms with Crippen LogP contribution in [0.25, 0.3) is 0 Å². The zero-order valence-electron chi connectivity index (χ0n) is 18.7. The molecule has 1 heterocycles. The normalized spacial score (nSPS) is 11.7. The second-order valence-corrected chi connectivity index (χ2v) is 8.55. The minimum absolute atomic E-state index is 0.205. The molecule has 3 rings (SSSR count). The lowest BCUT2D eigenvalue weighted by molar-refractivity contribution is -0.148. The van der Waals surface area contributed by atoms with Crippen LogP contribution in [0.3, 0.4) is 0 Å². The third-order valence-electron chi connectivity index (χ3n) is 4.82. The summed E-state index contributed by atoms with van der Waals surface area (Å²) in [7, 11) is 0. The molecule has 10 heteroatoms. The molecule has 0 fully saturated rings. The highest BCUT2D eigenvalue weighted by Gasteiger charge is 2.29. The van der Waals surface area contributed by atoms with E-state index in [1.165, 1.54) is 23.2 Å². The molecule has 0 unspecified atom stereocenters. The van der Waals surface area contributed by atoms with Gasteiger partial charge >= 0.3 is 5.97 Å². The molecule has 7 nitrogen and oxygen atoms in total. The maximum Gasteiger partial charge on any atom is 0.329 e. The Labute approximate surface area is 199 Å². The number of esters is 1. The van der Waals surface area contributed by atoms with E-state index in [4.69, 9.17) is 4.74 Å². The van der Waals surface area contributed by atoms with Gasteiger partial charge in [0.05, 0.1) is 11.4 Å². The van der Waals surface area contributed by atoms with Crippen LogP contribution in [0, 0.1) is 17.6 Å². The average Bonchev–Trinajstić information content (AvgIpc) is 3.24. The van der Waals surface area contributed by atoms with Crippen LogP contribution in [-0.2, 0) is 20.9 Å². The summed E-state index contributed by atoms with van der Waals surface area (Å²) in [6.07, 6.45) is 0. The van der Waals surface area contributed by atoms with E-state index in [0.29, 0.717) is 16.5 Å². The Kier molecular flexibility index (Phi) is 8.06. The van der Waals surface area contributed by atoms with Crippen LogP contribution in [-0.4, -0.2) is 28.8 Å². The van der Waals surface area contributed by atoms with Gasteiger partial charge in [0.25, 0.3) is 5.91 Å². The Bertz CT molecular complexity index is 1160. The van der Waals surface area contributed by atoms with Crippen molar-refractivity contribution in [2.75, 3.05) is 4.90 Å². The van der Waals surface area contributed by atoms with Crippen LogP contribution in [0.2, 0.25) is 0 Å². The van der Waals surface area contributed by atoms with Gasteiger partial charge < -0.3 is 10.1 Å². The first-order chi connectivity index (χ1) is 16.2. The number of para-hydroxylation sites is 1. The van der Waals surface area contributed by atoms with Gasteiger partial charge in [-0.15, -0.1) is 11.3 Å². The van der Waals surface area contributed by atoms with Gasteiger partial charge in [0.1, 0.15) is 29.8 Å². The van der Waals surface area contributed by atoms with Crippen LogP contribution < -0.4 is 10.2 Å². The van der Waals surface area contributed by atoms with Crippen molar-refractivity contribution in [3.05, 3.63) is 76.8 Å². The van der Waals surface area contributed by atoms with E-state index in [2.05, 4.69) is 10.3 Å². The monoisotopic (exact) mass is 487 g/mol. The number of hydrogen-bond acceptors (Lipinski definition) is 6. The predicted molar refractivity (Wildman–Crippen MR) is 124 cm³/mol. The molecular formula is C24H23F2N3O4S. The number of rotatable bonds is 8. The number of carbonyl (C=O) groups excluding carboxylic acids is 3. The molecule has 178 valence electrons. The van der Waals surface area contributed by atoms with E-state index in [1.54, 1.807) is 43.5 Å². The predicted octanol–water partition coefficient (Wildman–Crippen LogP) is 4.60. The first-order valence-electron chi connectivity index (χ1n) is 10.4. The summed E-state index contributed by atoms with van der Waals surface area (Å²) in [5.74, 6) is -4.53. The number of aromatic nitrogens is 1. The highest BCUT2D eigenvalue weighted by molar-refractivity contribution is 7.14. The van der Waals surface area contributed by atoms with E-state index in [0.717, 1.165) is 18.2 Å². The van der Waals surface area contributed by atoms with Crippen molar-refractivity contribution >= 4 is 39.9 Å². The number of thiazole rings is 1. The number of nitrogens with zero attached hydrogens (tertiary/aromatic N) is 2. The third kappa shape index (κ3) is 5.82. The molecule has 3 aromatic rings. The second kappa shape index (κ2) is 11.0. The summed E-state index contributed by atoms with van der Waals surface area (Å²) in [5, 5.41) is 4.41. The number of carbonyl (C=O) groups is 3. The fourth-order valence-corrected chi connectivity index (χ4v) is 4.00. The fourth-order valence-electron chi connectivity index (χ4n) is 3.13. The van der Waals surface area contributed by atoms with Crippen molar-refractivity contribution in [2.45, 2.75) is 33.4 Å². The summed E-state index contributed by atoms with van der Waals surface area (Å²) < 4.78 is 33.1. The van der Waals surface area contributed by atoms with Gasteiger partial charge in [-0.3, -0.25) is 14.5 Å². The van der Waals surface area contributed by atoms with E-state index >= 15 is 0 Å². The summed E-state index contributed by atoms with van der Waals surface area (Å²) in [6.45, 7) is 4.54. The van der Waals surface area contributed by atoms with Crippen LogP contribution in [0.1, 0.15) is 36.8 Å². The molecule has 2 amide bonds. The number of anilines is 2. The van der Waals surface area contributed by atoms with Gasteiger partial charge in [-0.25, -0.2) is 18.6 Å². The van der Waals surface area contributed by atoms with E-state index in [-0.39, 0.29) is 12.5 Å². The maximum atomic E-state index is 13.9. The molecule has 0 aliphatic rings. The van der Waals surface area contributed by atoms with Crippen LogP contribution in [0.5, 0.6) is 0 Å². The van der Waals surface area contributed by atoms with Crippen molar-refractivity contribution in [1.29, 1.82) is 0 Å². The van der Waals surface area contributed by atoms with Crippen molar-refractivity contribution < 1.29 is 27.9 Å². The lowest BCUT2D eigenvalue weighted by atomic mass is 10.0. The Morgan fingerprint density at radius 3 is 2.29 bits per heavy atom. The first-order valence-corrected chi connectivity index (χ1v) is 11.3. The summed E-state index contributed by atoms with van der Waals surface area (Å²) in [4.78, 5) is 43.0. The average molecular weight is 488 g/mol. The molecule has 0 bridgehead atoms. The fraction of sp³-hybridized carbons (Fsp3) is 0.250. The summed E-state index contributed by atoms with van der Waals surface area (Å²) >= 11 is 1.21. The Morgan fingerprint density at radius 2 is 1.71 bits per heavy atom. The number of nitrogens with one attached hydrogen (secondary N) is 1. The van der Waals surface area contributed by atoms with Gasteiger partial charge in [0.15, 0.2) is 5.13 Å². The lowest BCUT2D eigenvalue weighted by Crippen LogP contribution is -2.45. The second-order valence-electron chi connectivity index (χ2n) is 7.71. The lowest BCUT2D eigenvalue weighted by Gasteiger charge is -2.21. The molecule has 1 atom stereocenters. The van der Waals surface area contributed by atoms with E-state index in [1.807, 2.05) is 6.07 Å².